The largest absolute Gasteiger partial charge is 0.332 e. The Morgan fingerprint density at radius 2 is 1.95 bits per heavy atom. The molecule has 0 aliphatic carbocycles. The molecule has 1 aromatic heterocycles. The quantitative estimate of drug-likeness (QED) is 0.775. The minimum atomic E-state index is -0.229. The Hall–Kier alpha value is -2.82. The van der Waals surface area contributed by atoms with Gasteiger partial charge in [-0.25, -0.2) is 4.79 Å². The number of rotatable bonds is 3. The average molecular weight is 280 g/mol. The van der Waals surface area contributed by atoms with Crippen LogP contribution >= 0.6 is 0 Å². The number of benzene rings is 2. The lowest BCUT2D eigenvalue weighted by Crippen LogP contribution is -2.29. The van der Waals surface area contributed by atoms with Crippen molar-refractivity contribution in [3.05, 3.63) is 60.4 Å². The maximum absolute atomic E-state index is 12.0. The zero-order chi connectivity index (χ0) is 14.7. The summed E-state index contributed by atoms with van der Waals surface area (Å²) < 4.78 is 1.73. The van der Waals surface area contributed by atoms with Crippen LogP contribution in [0.5, 0.6) is 0 Å². The molecule has 0 unspecified atom stereocenters. The number of urea groups is 1. The van der Waals surface area contributed by atoms with Crippen LogP contribution in [0.2, 0.25) is 0 Å². The highest BCUT2D eigenvalue weighted by Crippen LogP contribution is 2.22. The minimum absolute atomic E-state index is 0.229. The van der Waals surface area contributed by atoms with Crippen LogP contribution in [0.15, 0.2) is 54.7 Å². The molecule has 0 spiro atoms. The second kappa shape index (κ2) is 5.66. The molecule has 3 rings (SSSR count). The van der Waals surface area contributed by atoms with Crippen molar-refractivity contribution >= 4 is 22.5 Å². The molecule has 5 nitrogen and oxygen atoms in total. The lowest BCUT2D eigenvalue weighted by atomic mass is 10.1. The van der Waals surface area contributed by atoms with E-state index < -0.39 is 0 Å². The van der Waals surface area contributed by atoms with Crippen LogP contribution in [0.1, 0.15) is 5.69 Å². The van der Waals surface area contributed by atoms with Crippen LogP contribution in [-0.2, 0) is 13.6 Å². The van der Waals surface area contributed by atoms with Crippen molar-refractivity contribution < 1.29 is 4.79 Å². The SMILES string of the molecule is Cn1nccc1CNC(=O)Nc1cccc2ccccc12. The smallest absolute Gasteiger partial charge is 0.319 e. The van der Waals surface area contributed by atoms with E-state index in [-0.39, 0.29) is 6.03 Å². The van der Waals surface area contributed by atoms with Gasteiger partial charge in [0.05, 0.1) is 17.9 Å². The fourth-order valence-corrected chi connectivity index (χ4v) is 2.25. The summed E-state index contributed by atoms with van der Waals surface area (Å²) in [6.07, 6.45) is 1.71. The van der Waals surface area contributed by atoms with Gasteiger partial charge < -0.3 is 10.6 Å². The molecule has 3 aromatic rings. The first-order valence-electron chi connectivity index (χ1n) is 6.73. The number of anilines is 1. The van der Waals surface area contributed by atoms with E-state index in [1.807, 2.05) is 55.6 Å². The molecule has 0 radical (unpaired) electrons. The van der Waals surface area contributed by atoms with Crippen molar-refractivity contribution in [2.75, 3.05) is 5.32 Å². The molecule has 0 fully saturated rings. The summed E-state index contributed by atoms with van der Waals surface area (Å²) in [4.78, 5) is 12.0. The molecule has 2 amide bonds. The van der Waals surface area contributed by atoms with Gasteiger partial charge in [-0.05, 0) is 17.5 Å². The van der Waals surface area contributed by atoms with Gasteiger partial charge >= 0.3 is 6.03 Å². The predicted molar refractivity (Wildman–Crippen MR) is 83.0 cm³/mol. The molecule has 0 saturated carbocycles. The van der Waals surface area contributed by atoms with Crippen molar-refractivity contribution in [1.29, 1.82) is 0 Å². The van der Waals surface area contributed by atoms with Gasteiger partial charge in [-0.1, -0.05) is 36.4 Å². The van der Waals surface area contributed by atoms with Crippen molar-refractivity contribution in [2.45, 2.75) is 6.54 Å². The van der Waals surface area contributed by atoms with Crippen LogP contribution in [0, 0.1) is 0 Å². The fraction of sp³-hybridized carbons (Fsp3) is 0.125. The molecular weight excluding hydrogens is 264 g/mol. The zero-order valence-corrected chi connectivity index (χ0v) is 11.7. The summed E-state index contributed by atoms with van der Waals surface area (Å²) in [7, 11) is 1.85. The average Bonchev–Trinajstić information content (AvgIpc) is 2.91. The Bertz CT molecular complexity index is 773. The summed E-state index contributed by atoms with van der Waals surface area (Å²) in [5.41, 5.74) is 1.75. The Morgan fingerprint density at radius 1 is 1.14 bits per heavy atom. The number of hydrogen-bond acceptors (Lipinski definition) is 2. The van der Waals surface area contributed by atoms with Crippen LogP contribution in [0.4, 0.5) is 10.5 Å². The van der Waals surface area contributed by atoms with E-state index in [1.165, 1.54) is 0 Å². The van der Waals surface area contributed by atoms with Gasteiger partial charge in [-0.15, -0.1) is 0 Å². The number of amides is 2. The third-order valence-corrected chi connectivity index (χ3v) is 3.39. The monoisotopic (exact) mass is 280 g/mol. The predicted octanol–water partition coefficient (Wildman–Crippen LogP) is 2.90. The van der Waals surface area contributed by atoms with Gasteiger partial charge in [0.1, 0.15) is 0 Å². The molecule has 1 heterocycles. The molecule has 106 valence electrons. The summed E-state index contributed by atoms with van der Waals surface area (Å²) in [6.45, 7) is 0.438. The molecular formula is C16H16N4O. The topological polar surface area (TPSA) is 59.0 Å². The van der Waals surface area contributed by atoms with E-state index in [1.54, 1.807) is 10.9 Å². The number of hydrogen-bond donors (Lipinski definition) is 2. The number of aryl methyl sites for hydroxylation is 1. The highest BCUT2D eigenvalue weighted by Gasteiger charge is 2.06. The maximum Gasteiger partial charge on any atom is 0.319 e. The summed E-state index contributed by atoms with van der Waals surface area (Å²) in [5.74, 6) is 0. The summed E-state index contributed by atoms with van der Waals surface area (Å²) >= 11 is 0. The third kappa shape index (κ3) is 2.86. The number of carbonyl (C=O) groups excluding carboxylic acids is 1. The third-order valence-electron chi connectivity index (χ3n) is 3.39. The first-order valence-corrected chi connectivity index (χ1v) is 6.73. The van der Waals surface area contributed by atoms with Crippen LogP contribution in [-0.4, -0.2) is 15.8 Å². The lowest BCUT2D eigenvalue weighted by molar-refractivity contribution is 0.251. The molecule has 0 bridgehead atoms. The second-order valence-corrected chi connectivity index (χ2v) is 4.78. The normalized spacial score (nSPS) is 10.5. The van der Waals surface area contributed by atoms with E-state index in [2.05, 4.69) is 15.7 Å². The van der Waals surface area contributed by atoms with E-state index >= 15 is 0 Å². The van der Waals surface area contributed by atoms with Gasteiger partial charge in [-0.2, -0.15) is 5.10 Å². The number of carbonyl (C=O) groups is 1. The van der Waals surface area contributed by atoms with Crippen molar-refractivity contribution in [2.24, 2.45) is 7.05 Å². The molecule has 0 aliphatic rings. The maximum atomic E-state index is 12.0. The number of nitrogens with zero attached hydrogens (tertiary/aromatic N) is 2. The molecule has 0 atom stereocenters. The van der Waals surface area contributed by atoms with Crippen LogP contribution in [0.3, 0.4) is 0 Å². The Morgan fingerprint density at radius 3 is 2.76 bits per heavy atom. The minimum Gasteiger partial charge on any atom is -0.332 e. The summed E-state index contributed by atoms with van der Waals surface area (Å²) in [6, 6.07) is 15.4. The lowest BCUT2D eigenvalue weighted by Gasteiger charge is -2.10. The molecule has 21 heavy (non-hydrogen) atoms. The standard InChI is InChI=1S/C16H16N4O/c1-20-13(9-10-18-20)11-17-16(21)19-15-8-4-6-12-5-2-3-7-14(12)15/h2-10H,11H2,1H3,(H2,17,19,21). The van der Waals surface area contributed by atoms with Crippen molar-refractivity contribution in [1.82, 2.24) is 15.1 Å². The highest BCUT2D eigenvalue weighted by atomic mass is 16.2. The fourth-order valence-electron chi connectivity index (χ4n) is 2.25. The number of fused-ring (bicyclic) bond motifs is 1. The second-order valence-electron chi connectivity index (χ2n) is 4.78. The highest BCUT2D eigenvalue weighted by molar-refractivity contribution is 6.01. The summed E-state index contributed by atoms with van der Waals surface area (Å²) in [5, 5.41) is 11.9. The van der Waals surface area contributed by atoms with Gasteiger partial charge in [0.25, 0.3) is 0 Å². The number of nitrogens with one attached hydrogen (secondary N) is 2. The molecule has 2 N–H and O–H groups in total. The van der Waals surface area contributed by atoms with Crippen molar-refractivity contribution in [3.8, 4) is 0 Å². The van der Waals surface area contributed by atoms with Gasteiger partial charge in [0, 0.05) is 18.6 Å². The van der Waals surface area contributed by atoms with Crippen LogP contribution in [0.25, 0.3) is 10.8 Å². The molecule has 2 aromatic carbocycles. The van der Waals surface area contributed by atoms with Crippen molar-refractivity contribution in [3.63, 3.8) is 0 Å². The van der Waals surface area contributed by atoms with Gasteiger partial charge in [0.2, 0.25) is 0 Å². The number of aromatic nitrogens is 2. The first-order chi connectivity index (χ1) is 10.2. The Labute approximate surface area is 122 Å². The Kier molecular flexibility index (Phi) is 3.55. The molecule has 0 saturated heterocycles. The molecule has 5 heteroatoms. The van der Waals surface area contributed by atoms with E-state index in [0.29, 0.717) is 6.54 Å². The zero-order valence-electron chi connectivity index (χ0n) is 11.7. The van der Waals surface area contributed by atoms with E-state index in [0.717, 1.165) is 22.2 Å². The van der Waals surface area contributed by atoms with Gasteiger partial charge in [-0.3, -0.25) is 4.68 Å². The van der Waals surface area contributed by atoms with Gasteiger partial charge in [0.15, 0.2) is 0 Å². The Balaban J connectivity index is 1.70. The molecule has 0 aliphatic heterocycles. The van der Waals surface area contributed by atoms with Crippen LogP contribution < -0.4 is 10.6 Å². The van der Waals surface area contributed by atoms with E-state index in [9.17, 15) is 4.79 Å². The first kappa shape index (κ1) is 13.2. The van der Waals surface area contributed by atoms with E-state index in [4.69, 9.17) is 0 Å².